The molecule has 0 saturated heterocycles. The van der Waals surface area contributed by atoms with Crippen molar-refractivity contribution in [3.05, 3.63) is 54.3 Å². The molecule has 0 bridgehead atoms. The Morgan fingerprint density at radius 2 is 1.40 bits per heavy atom. The Kier molecular flexibility index (Phi) is 10.1. The standard InChI is InChI=1S/C17H9I5O7S/c1-7(17(24)29-15-10(19)3-8(18)4-11(15)20)2-14(23)28-9-5-12(21)16(13(22)6-9)30(25,26)27/h3-6H,1-2H2,(H,25,26,27)/p-1. The number of carbonyl (C=O) groups excluding carboxylic acids is 2. The van der Waals surface area contributed by atoms with Crippen molar-refractivity contribution in [2.75, 3.05) is 0 Å². The third kappa shape index (κ3) is 7.35. The van der Waals surface area contributed by atoms with Gasteiger partial charge < -0.3 is 14.0 Å². The summed E-state index contributed by atoms with van der Waals surface area (Å²) in [7, 11) is -4.66. The molecule has 13 heteroatoms. The van der Waals surface area contributed by atoms with Gasteiger partial charge in [-0.05, 0) is 137 Å². The molecule has 0 aliphatic carbocycles. The number of carbonyl (C=O) groups is 2. The highest BCUT2D eigenvalue weighted by molar-refractivity contribution is 14.1. The van der Waals surface area contributed by atoms with E-state index in [1.165, 1.54) is 12.1 Å². The molecular weight excluding hydrogens is 983 g/mol. The van der Waals surface area contributed by atoms with E-state index in [0.717, 1.165) is 10.7 Å². The molecule has 2 aromatic rings. The first-order chi connectivity index (χ1) is 13.8. The number of halogens is 5. The minimum Gasteiger partial charge on any atom is -0.744 e. The van der Waals surface area contributed by atoms with Gasteiger partial charge in [-0.3, -0.25) is 4.79 Å². The van der Waals surface area contributed by atoms with Crippen molar-refractivity contribution < 1.29 is 32.0 Å². The molecule has 7 nitrogen and oxygen atoms in total. The van der Waals surface area contributed by atoms with Gasteiger partial charge in [0, 0.05) is 16.3 Å². The van der Waals surface area contributed by atoms with Crippen LogP contribution in [0, 0.1) is 17.9 Å². The van der Waals surface area contributed by atoms with Crippen molar-refractivity contribution in [3.8, 4) is 11.5 Å². The maximum absolute atomic E-state index is 12.3. The molecule has 0 amide bonds. The van der Waals surface area contributed by atoms with E-state index in [0.29, 0.717) is 5.75 Å². The van der Waals surface area contributed by atoms with Crippen LogP contribution in [0.4, 0.5) is 0 Å². The summed E-state index contributed by atoms with van der Waals surface area (Å²) in [5, 5.41) is 0. The van der Waals surface area contributed by atoms with E-state index in [-0.39, 0.29) is 23.4 Å². The lowest BCUT2D eigenvalue weighted by molar-refractivity contribution is -0.136. The van der Waals surface area contributed by atoms with E-state index < -0.39 is 28.5 Å². The van der Waals surface area contributed by atoms with Gasteiger partial charge in [-0.2, -0.15) is 0 Å². The quantitative estimate of drug-likeness (QED) is 0.131. The van der Waals surface area contributed by atoms with Crippen molar-refractivity contribution in [3.63, 3.8) is 0 Å². The molecule has 0 heterocycles. The lowest BCUT2D eigenvalue weighted by atomic mass is 10.2. The monoisotopic (exact) mass is 991 g/mol. The third-order valence-electron chi connectivity index (χ3n) is 3.26. The first-order valence-electron chi connectivity index (χ1n) is 7.49. The molecule has 0 aliphatic rings. The first-order valence-corrected chi connectivity index (χ1v) is 14.3. The van der Waals surface area contributed by atoms with Crippen LogP contribution < -0.4 is 9.47 Å². The van der Waals surface area contributed by atoms with Gasteiger partial charge in [-0.15, -0.1) is 0 Å². The predicted octanol–water partition coefficient (Wildman–Crippen LogP) is 5.07. The van der Waals surface area contributed by atoms with Gasteiger partial charge in [0.05, 0.1) is 18.5 Å². The average Bonchev–Trinajstić information content (AvgIpc) is 2.55. The summed E-state index contributed by atoms with van der Waals surface area (Å²) >= 11 is 9.59. The predicted molar refractivity (Wildman–Crippen MR) is 149 cm³/mol. The van der Waals surface area contributed by atoms with Gasteiger partial charge in [-0.1, -0.05) is 6.58 Å². The Morgan fingerprint density at radius 3 is 1.87 bits per heavy atom. The van der Waals surface area contributed by atoms with E-state index in [1.807, 2.05) is 57.3 Å². The summed E-state index contributed by atoms with van der Waals surface area (Å²) in [4.78, 5) is 24.1. The molecule has 0 fully saturated rings. The highest BCUT2D eigenvalue weighted by atomic mass is 127. The topological polar surface area (TPSA) is 110 Å². The Hall–Kier alpha value is 0.680. The fourth-order valence-electron chi connectivity index (χ4n) is 2.04. The zero-order valence-electron chi connectivity index (χ0n) is 14.4. The van der Waals surface area contributed by atoms with Crippen LogP contribution in [0.2, 0.25) is 0 Å². The largest absolute Gasteiger partial charge is 0.744 e. The second-order valence-electron chi connectivity index (χ2n) is 5.51. The summed E-state index contributed by atoms with van der Waals surface area (Å²) in [5.41, 5.74) is -0.103. The molecule has 2 rings (SSSR count). The van der Waals surface area contributed by atoms with E-state index in [2.05, 4.69) is 29.2 Å². The van der Waals surface area contributed by atoms with Crippen LogP contribution >= 0.6 is 113 Å². The Morgan fingerprint density at radius 1 is 0.900 bits per heavy atom. The number of hydrogen-bond acceptors (Lipinski definition) is 7. The molecule has 0 N–H and O–H groups in total. The zero-order chi connectivity index (χ0) is 22.8. The fourth-order valence-corrected chi connectivity index (χ4v) is 9.77. The van der Waals surface area contributed by atoms with Crippen molar-refractivity contribution in [2.24, 2.45) is 0 Å². The van der Waals surface area contributed by atoms with E-state index >= 15 is 0 Å². The minimum atomic E-state index is -4.66. The van der Waals surface area contributed by atoms with Crippen LogP contribution in [-0.2, 0) is 19.7 Å². The molecule has 0 radical (unpaired) electrons. The number of hydrogen-bond donors (Lipinski definition) is 0. The number of esters is 2. The number of rotatable bonds is 6. The maximum Gasteiger partial charge on any atom is 0.339 e. The molecule has 0 saturated carbocycles. The SMILES string of the molecule is C=C(CC(=O)Oc1cc(I)c(S(=O)(=O)[O-])c(I)c1)C(=O)Oc1c(I)cc(I)cc1I. The van der Waals surface area contributed by atoms with Gasteiger partial charge >= 0.3 is 11.9 Å². The summed E-state index contributed by atoms with van der Waals surface area (Å²) in [6, 6.07) is 6.20. The van der Waals surface area contributed by atoms with Gasteiger partial charge in [0.2, 0.25) is 0 Å². The molecule has 30 heavy (non-hydrogen) atoms. The van der Waals surface area contributed by atoms with Crippen LogP contribution in [0.3, 0.4) is 0 Å². The van der Waals surface area contributed by atoms with E-state index in [1.54, 1.807) is 45.2 Å². The highest BCUT2D eigenvalue weighted by Crippen LogP contribution is 2.31. The summed E-state index contributed by atoms with van der Waals surface area (Å²) < 4.78 is 47.2. The van der Waals surface area contributed by atoms with Crippen LogP contribution in [0.25, 0.3) is 0 Å². The van der Waals surface area contributed by atoms with E-state index in [4.69, 9.17) is 9.47 Å². The lowest BCUT2D eigenvalue weighted by Gasteiger charge is -2.14. The molecule has 0 atom stereocenters. The molecule has 160 valence electrons. The number of benzene rings is 2. The van der Waals surface area contributed by atoms with Crippen molar-refractivity contribution in [1.29, 1.82) is 0 Å². The van der Waals surface area contributed by atoms with Crippen LogP contribution in [0.1, 0.15) is 6.42 Å². The summed E-state index contributed by atoms with van der Waals surface area (Å²) in [6.45, 7) is 3.59. The zero-order valence-corrected chi connectivity index (χ0v) is 26.0. The molecule has 0 aromatic heterocycles. The van der Waals surface area contributed by atoms with Crippen molar-refractivity contribution >= 4 is 135 Å². The fraction of sp³-hybridized carbons (Fsp3) is 0.0588. The lowest BCUT2D eigenvalue weighted by Crippen LogP contribution is -2.17. The van der Waals surface area contributed by atoms with Crippen molar-refractivity contribution in [2.45, 2.75) is 11.3 Å². The highest BCUT2D eigenvalue weighted by Gasteiger charge is 2.20. The smallest absolute Gasteiger partial charge is 0.339 e. The summed E-state index contributed by atoms with van der Waals surface area (Å²) in [6.07, 6.45) is -0.425. The minimum absolute atomic E-state index is 0.0455. The Balaban J connectivity index is 2.08. The van der Waals surface area contributed by atoms with Gasteiger partial charge in [-0.25, -0.2) is 13.2 Å². The Labute approximate surface area is 240 Å². The summed E-state index contributed by atoms with van der Waals surface area (Å²) in [5.74, 6) is -1.12. The van der Waals surface area contributed by atoms with Crippen molar-refractivity contribution in [1.82, 2.24) is 0 Å². The average molecular weight is 991 g/mol. The van der Waals surface area contributed by atoms with Gasteiger partial charge in [0.1, 0.15) is 15.9 Å². The second kappa shape index (κ2) is 11.2. The Bertz CT molecular complexity index is 1120. The second-order valence-corrected chi connectivity index (χ2v) is 12.7. The first kappa shape index (κ1) is 26.9. The normalized spacial score (nSPS) is 11.1. The molecule has 0 unspecified atom stereocenters. The van der Waals surface area contributed by atoms with Gasteiger partial charge in [0.25, 0.3) is 0 Å². The molecular formula is C17H8I5O7S-. The van der Waals surface area contributed by atoms with Crippen LogP contribution in [-0.4, -0.2) is 24.9 Å². The van der Waals surface area contributed by atoms with Gasteiger partial charge in [0.15, 0.2) is 5.75 Å². The van der Waals surface area contributed by atoms with E-state index in [9.17, 15) is 22.6 Å². The maximum atomic E-state index is 12.3. The molecule has 0 spiro atoms. The number of ether oxygens (including phenoxy) is 2. The third-order valence-corrected chi connectivity index (χ3v) is 8.86. The molecule has 2 aromatic carbocycles. The van der Waals surface area contributed by atoms with Crippen LogP contribution in [0.5, 0.6) is 11.5 Å². The van der Waals surface area contributed by atoms with Crippen LogP contribution in [0.15, 0.2) is 41.3 Å². The molecule has 0 aliphatic heterocycles.